The largest absolute Gasteiger partial charge is 0.341 e. The highest BCUT2D eigenvalue weighted by Crippen LogP contribution is 2.23. The lowest BCUT2D eigenvalue weighted by molar-refractivity contribution is -0.135. The van der Waals surface area contributed by atoms with Gasteiger partial charge in [-0.25, -0.2) is 0 Å². The SMILES string of the molecule is O=C1C[C@H](C(=O)N2CCSCC2)CN1Cc1ccccn1. The smallest absolute Gasteiger partial charge is 0.228 e. The van der Waals surface area contributed by atoms with Gasteiger partial charge in [0.15, 0.2) is 0 Å². The van der Waals surface area contributed by atoms with Crippen LogP contribution in [0.5, 0.6) is 0 Å². The summed E-state index contributed by atoms with van der Waals surface area (Å²) in [4.78, 5) is 32.5. The van der Waals surface area contributed by atoms with Crippen molar-refractivity contribution in [2.75, 3.05) is 31.1 Å². The van der Waals surface area contributed by atoms with Crippen LogP contribution in [0, 0.1) is 5.92 Å². The van der Waals surface area contributed by atoms with Gasteiger partial charge in [0.1, 0.15) is 0 Å². The van der Waals surface area contributed by atoms with Gasteiger partial charge < -0.3 is 9.80 Å². The van der Waals surface area contributed by atoms with E-state index >= 15 is 0 Å². The van der Waals surface area contributed by atoms with E-state index in [1.807, 2.05) is 34.9 Å². The van der Waals surface area contributed by atoms with E-state index < -0.39 is 0 Å². The average Bonchev–Trinajstić information content (AvgIpc) is 2.89. The van der Waals surface area contributed by atoms with Crippen molar-refractivity contribution in [3.63, 3.8) is 0 Å². The number of thioether (sulfide) groups is 1. The first-order valence-electron chi connectivity index (χ1n) is 7.28. The van der Waals surface area contributed by atoms with Crippen molar-refractivity contribution in [2.24, 2.45) is 5.92 Å². The molecule has 0 aromatic carbocycles. The molecular weight excluding hydrogens is 286 g/mol. The second-order valence-electron chi connectivity index (χ2n) is 5.43. The number of nitrogens with zero attached hydrogens (tertiary/aromatic N) is 3. The molecule has 3 rings (SSSR count). The summed E-state index contributed by atoms with van der Waals surface area (Å²) < 4.78 is 0. The van der Waals surface area contributed by atoms with Crippen LogP contribution in [0.4, 0.5) is 0 Å². The monoisotopic (exact) mass is 305 g/mol. The van der Waals surface area contributed by atoms with Crippen LogP contribution in [-0.2, 0) is 16.1 Å². The third-order valence-corrected chi connectivity index (χ3v) is 4.91. The van der Waals surface area contributed by atoms with Crippen molar-refractivity contribution in [1.29, 1.82) is 0 Å². The molecule has 1 atom stereocenters. The molecule has 2 amide bonds. The van der Waals surface area contributed by atoms with Crippen LogP contribution in [0.3, 0.4) is 0 Å². The summed E-state index contributed by atoms with van der Waals surface area (Å²) in [6.07, 6.45) is 2.07. The van der Waals surface area contributed by atoms with Gasteiger partial charge in [-0.3, -0.25) is 14.6 Å². The lowest BCUT2D eigenvalue weighted by Gasteiger charge is -2.28. The van der Waals surface area contributed by atoms with Gasteiger partial charge in [-0.05, 0) is 12.1 Å². The standard InChI is InChI=1S/C15H19N3O2S/c19-14-9-12(15(20)17-5-7-21-8-6-17)10-18(14)11-13-3-1-2-4-16-13/h1-4,12H,5-11H2/t12-/m0/s1. The number of pyridine rings is 1. The molecule has 5 nitrogen and oxygen atoms in total. The van der Waals surface area contributed by atoms with E-state index in [2.05, 4.69) is 4.98 Å². The molecule has 21 heavy (non-hydrogen) atoms. The third-order valence-electron chi connectivity index (χ3n) is 3.97. The minimum absolute atomic E-state index is 0.0605. The van der Waals surface area contributed by atoms with Crippen LogP contribution in [0.2, 0.25) is 0 Å². The molecule has 0 unspecified atom stereocenters. The molecule has 112 valence electrons. The predicted molar refractivity (Wildman–Crippen MR) is 81.7 cm³/mol. The van der Waals surface area contributed by atoms with E-state index in [0.29, 0.717) is 19.5 Å². The topological polar surface area (TPSA) is 53.5 Å². The van der Waals surface area contributed by atoms with E-state index in [4.69, 9.17) is 0 Å². The Labute approximate surface area is 128 Å². The molecule has 0 aliphatic carbocycles. The molecule has 3 heterocycles. The number of hydrogen-bond acceptors (Lipinski definition) is 4. The molecule has 1 aromatic heterocycles. The van der Waals surface area contributed by atoms with Crippen LogP contribution in [0.1, 0.15) is 12.1 Å². The van der Waals surface area contributed by atoms with Gasteiger partial charge in [0, 0.05) is 43.8 Å². The Bertz CT molecular complexity index is 517. The first kappa shape index (κ1) is 14.4. The summed E-state index contributed by atoms with van der Waals surface area (Å²) in [7, 11) is 0. The predicted octanol–water partition coefficient (Wildman–Crippen LogP) is 1.01. The molecule has 1 aromatic rings. The number of aromatic nitrogens is 1. The Balaban J connectivity index is 1.60. The van der Waals surface area contributed by atoms with Gasteiger partial charge in [-0.15, -0.1) is 0 Å². The first-order valence-corrected chi connectivity index (χ1v) is 8.44. The molecule has 2 fully saturated rings. The minimum atomic E-state index is -0.177. The van der Waals surface area contributed by atoms with E-state index in [1.165, 1.54) is 0 Å². The Morgan fingerprint density at radius 1 is 1.33 bits per heavy atom. The lowest BCUT2D eigenvalue weighted by atomic mass is 10.1. The van der Waals surface area contributed by atoms with Crippen molar-refractivity contribution in [3.8, 4) is 0 Å². The number of carbonyl (C=O) groups is 2. The zero-order chi connectivity index (χ0) is 14.7. The zero-order valence-corrected chi connectivity index (χ0v) is 12.7. The van der Waals surface area contributed by atoms with Gasteiger partial charge >= 0.3 is 0 Å². The maximum Gasteiger partial charge on any atom is 0.228 e. The summed E-state index contributed by atoms with van der Waals surface area (Å²) in [5.74, 6) is 2.04. The summed E-state index contributed by atoms with van der Waals surface area (Å²) in [6, 6.07) is 5.68. The van der Waals surface area contributed by atoms with Crippen LogP contribution in [-0.4, -0.2) is 57.7 Å². The Morgan fingerprint density at radius 2 is 2.14 bits per heavy atom. The number of carbonyl (C=O) groups excluding carboxylic acids is 2. The molecule has 0 bridgehead atoms. The normalized spacial score (nSPS) is 22.7. The average molecular weight is 305 g/mol. The minimum Gasteiger partial charge on any atom is -0.341 e. The van der Waals surface area contributed by atoms with Gasteiger partial charge in [0.2, 0.25) is 11.8 Å². The van der Waals surface area contributed by atoms with E-state index in [1.54, 1.807) is 11.1 Å². The summed E-state index contributed by atoms with van der Waals surface area (Å²) >= 11 is 1.88. The fourth-order valence-electron chi connectivity index (χ4n) is 2.82. The van der Waals surface area contributed by atoms with Crippen molar-refractivity contribution in [1.82, 2.24) is 14.8 Å². The van der Waals surface area contributed by atoms with E-state index in [0.717, 1.165) is 30.3 Å². The van der Waals surface area contributed by atoms with Crippen LogP contribution in [0.25, 0.3) is 0 Å². The maximum absolute atomic E-state index is 12.5. The molecule has 2 aliphatic heterocycles. The fraction of sp³-hybridized carbons (Fsp3) is 0.533. The first-order chi connectivity index (χ1) is 10.2. The van der Waals surface area contributed by atoms with Gasteiger partial charge in [0.05, 0.1) is 18.2 Å². The quantitative estimate of drug-likeness (QED) is 0.836. The lowest BCUT2D eigenvalue weighted by Crippen LogP contribution is -2.42. The van der Waals surface area contributed by atoms with Gasteiger partial charge in [-0.2, -0.15) is 11.8 Å². The second kappa shape index (κ2) is 6.47. The van der Waals surface area contributed by atoms with Gasteiger partial charge in [-0.1, -0.05) is 6.07 Å². The molecular formula is C15H19N3O2S. The van der Waals surface area contributed by atoms with Crippen molar-refractivity contribution < 1.29 is 9.59 Å². The summed E-state index contributed by atoms with van der Waals surface area (Å²) in [5.41, 5.74) is 0.869. The van der Waals surface area contributed by atoms with Gasteiger partial charge in [0.25, 0.3) is 0 Å². The zero-order valence-electron chi connectivity index (χ0n) is 11.9. The fourth-order valence-corrected chi connectivity index (χ4v) is 3.72. The Morgan fingerprint density at radius 3 is 2.86 bits per heavy atom. The Kier molecular flexibility index (Phi) is 4.43. The summed E-state index contributed by atoms with van der Waals surface area (Å²) in [5, 5.41) is 0. The highest BCUT2D eigenvalue weighted by Gasteiger charge is 2.36. The highest BCUT2D eigenvalue weighted by molar-refractivity contribution is 7.99. The van der Waals surface area contributed by atoms with Crippen LogP contribution < -0.4 is 0 Å². The molecule has 0 saturated carbocycles. The van der Waals surface area contributed by atoms with E-state index in [-0.39, 0.29) is 17.7 Å². The number of rotatable bonds is 3. The van der Waals surface area contributed by atoms with Crippen molar-refractivity contribution in [2.45, 2.75) is 13.0 Å². The van der Waals surface area contributed by atoms with Crippen LogP contribution in [0.15, 0.2) is 24.4 Å². The summed E-state index contributed by atoms with van der Waals surface area (Å²) in [6.45, 7) is 2.65. The molecule has 6 heteroatoms. The molecule has 2 aliphatic rings. The molecule has 2 saturated heterocycles. The highest BCUT2D eigenvalue weighted by atomic mass is 32.2. The van der Waals surface area contributed by atoms with E-state index in [9.17, 15) is 9.59 Å². The second-order valence-corrected chi connectivity index (χ2v) is 6.66. The number of likely N-dealkylation sites (tertiary alicyclic amines) is 1. The number of hydrogen-bond donors (Lipinski definition) is 0. The van der Waals surface area contributed by atoms with Crippen molar-refractivity contribution >= 4 is 23.6 Å². The molecule has 0 radical (unpaired) electrons. The van der Waals surface area contributed by atoms with Crippen LogP contribution >= 0.6 is 11.8 Å². The molecule has 0 spiro atoms. The third kappa shape index (κ3) is 3.37. The maximum atomic E-state index is 12.5. The Hall–Kier alpha value is -1.56. The number of amides is 2. The molecule has 0 N–H and O–H groups in total. The van der Waals surface area contributed by atoms with Crippen molar-refractivity contribution in [3.05, 3.63) is 30.1 Å².